The van der Waals surface area contributed by atoms with Crippen LogP contribution in [0.5, 0.6) is 0 Å². The van der Waals surface area contributed by atoms with Gasteiger partial charge in [-0.3, -0.25) is 0 Å². The monoisotopic (exact) mass is 144 g/mol. The number of amides is 1. The fourth-order valence-electron chi connectivity index (χ4n) is 0.823. The molecule has 0 aliphatic heterocycles. The molecule has 1 amide bonds. The van der Waals surface area contributed by atoms with Gasteiger partial charge in [-0.1, -0.05) is 13.3 Å². The van der Waals surface area contributed by atoms with Gasteiger partial charge in [-0.2, -0.15) is 0 Å². The van der Waals surface area contributed by atoms with Crippen LogP contribution in [0.15, 0.2) is 0 Å². The van der Waals surface area contributed by atoms with Crippen LogP contribution in [-0.2, 0) is 4.74 Å². The third-order valence-corrected chi connectivity index (χ3v) is 1.13. The lowest BCUT2D eigenvalue weighted by atomic mass is 10.0. The quantitative estimate of drug-likeness (QED) is 0.652. The second-order valence-electron chi connectivity index (χ2n) is 2.62. The Balaban J connectivity index is 3.74. The van der Waals surface area contributed by atoms with Crippen molar-refractivity contribution < 1.29 is 9.53 Å². The minimum Gasteiger partial charge on any atom is -0.443 e. The number of rotatable bonds is 3. The van der Waals surface area contributed by atoms with E-state index in [9.17, 15) is 4.79 Å². The molecule has 0 heterocycles. The van der Waals surface area contributed by atoms with Gasteiger partial charge in [0, 0.05) is 0 Å². The second kappa shape index (κ2) is 3.44. The summed E-state index contributed by atoms with van der Waals surface area (Å²) in [6.07, 6.45) is 0.898. The first-order valence-corrected chi connectivity index (χ1v) is 3.32. The standard InChI is InChI=1S/C7H14NO2/c1-4-5-7(2,3)10-6(8)9/h2,4-5H2,1,3H3,(H2,8,9). The summed E-state index contributed by atoms with van der Waals surface area (Å²) in [6, 6.07) is 0. The molecule has 0 aromatic rings. The Hall–Kier alpha value is -0.730. The summed E-state index contributed by atoms with van der Waals surface area (Å²) in [6.45, 7) is 7.41. The molecule has 0 spiro atoms. The van der Waals surface area contributed by atoms with Gasteiger partial charge < -0.3 is 10.5 Å². The Morgan fingerprint density at radius 1 is 1.80 bits per heavy atom. The maximum atomic E-state index is 10.2. The van der Waals surface area contributed by atoms with Crippen molar-refractivity contribution in [3.8, 4) is 0 Å². The van der Waals surface area contributed by atoms with Gasteiger partial charge in [-0.15, -0.1) is 0 Å². The summed E-state index contributed by atoms with van der Waals surface area (Å²) in [5.74, 6) is 0. The summed E-state index contributed by atoms with van der Waals surface area (Å²) < 4.78 is 4.71. The first-order valence-electron chi connectivity index (χ1n) is 3.32. The van der Waals surface area contributed by atoms with Crippen molar-refractivity contribution in [2.75, 3.05) is 0 Å². The van der Waals surface area contributed by atoms with Crippen LogP contribution in [0, 0.1) is 6.92 Å². The number of hydrogen-bond donors (Lipinski definition) is 1. The van der Waals surface area contributed by atoms with E-state index in [2.05, 4.69) is 6.92 Å². The van der Waals surface area contributed by atoms with Crippen LogP contribution >= 0.6 is 0 Å². The minimum absolute atomic E-state index is 0.652. The summed E-state index contributed by atoms with van der Waals surface area (Å²) in [7, 11) is 0. The highest BCUT2D eigenvalue weighted by Crippen LogP contribution is 2.14. The van der Waals surface area contributed by atoms with Gasteiger partial charge in [0.05, 0.1) is 0 Å². The smallest absolute Gasteiger partial charge is 0.405 e. The third kappa shape index (κ3) is 4.18. The number of ether oxygens (including phenoxy) is 1. The maximum Gasteiger partial charge on any atom is 0.405 e. The average Bonchev–Trinajstić information content (AvgIpc) is 1.59. The number of nitrogens with two attached hydrogens (primary N) is 1. The van der Waals surface area contributed by atoms with E-state index in [1.165, 1.54) is 0 Å². The van der Waals surface area contributed by atoms with Crippen molar-refractivity contribution in [3.63, 3.8) is 0 Å². The van der Waals surface area contributed by atoms with Crippen molar-refractivity contribution in [1.29, 1.82) is 0 Å². The van der Waals surface area contributed by atoms with Crippen LogP contribution in [0.25, 0.3) is 0 Å². The lowest BCUT2D eigenvalue weighted by Gasteiger charge is -2.22. The molecular formula is C7H14NO2. The highest BCUT2D eigenvalue weighted by molar-refractivity contribution is 5.65. The zero-order valence-electron chi connectivity index (χ0n) is 6.52. The number of carbonyl (C=O) groups excluding carboxylic acids is 1. The van der Waals surface area contributed by atoms with Crippen LogP contribution in [0.4, 0.5) is 4.79 Å². The predicted octanol–water partition coefficient (Wildman–Crippen LogP) is 1.47. The zero-order valence-corrected chi connectivity index (χ0v) is 6.52. The lowest BCUT2D eigenvalue weighted by molar-refractivity contribution is 0.0583. The summed E-state index contributed by atoms with van der Waals surface area (Å²) in [5.41, 5.74) is 4.16. The van der Waals surface area contributed by atoms with Crippen molar-refractivity contribution >= 4 is 6.09 Å². The van der Waals surface area contributed by atoms with Gasteiger partial charge in [-0.05, 0) is 20.3 Å². The van der Waals surface area contributed by atoms with Crippen LogP contribution in [-0.4, -0.2) is 11.7 Å². The van der Waals surface area contributed by atoms with Crippen molar-refractivity contribution in [3.05, 3.63) is 6.92 Å². The number of hydrogen-bond acceptors (Lipinski definition) is 2. The van der Waals surface area contributed by atoms with Gasteiger partial charge in [0.1, 0.15) is 5.60 Å². The van der Waals surface area contributed by atoms with Crippen molar-refractivity contribution in [2.24, 2.45) is 5.73 Å². The highest BCUT2D eigenvalue weighted by Gasteiger charge is 2.19. The van der Waals surface area contributed by atoms with E-state index >= 15 is 0 Å². The van der Waals surface area contributed by atoms with Gasteiger partial charge in [-0.25, -0.2) is 4.79 Å². The van der Waals surface area contributed by atoms with Gasteiger partial charge in [0.2, 0.25) is 0 Å². The topological polar surface area (TPSA) is 52.3 Å². The van der Waals surface area contributed by atoms with Gasteiger partial charge in [0.25, 0.3) is 0 Å². The maximum absolute atomic E-state index is 10.2. The molecule has 3 heteroatoms. The number of carbonyl (C=O) groups is 1. The Morgan fingerprint density at radius 3 is 2.60 bits per heavy atom. The van der Waals surface area contributed by atoms with Crippen LogP contribution in [0.3, 0.4) is 0 Å². The van der Waals surface area contributed by atoms with Crippen LogP contribution in [0.2, 0.25) is 0 Å². The van der Waals surface area contributed by atoms with Crippen LogP contribution < -0.4 is 5.73 Å². The lowest BCUT2D eigenvalue weighted by Crippen LogP contribution is -2.31. The van der Waals surface area contributed by atoms with E-state index in [0.29, 0.717) is 0 Å². The molecule has 0 aliphatic rings. The summed E-state index contributed by atoms with van der Waals surface area (Å²) in [5, 5.41) is 0. The molecule has 0 rings (SSSR count). The third-order valence-electron chi connectivity index (χ3n) is 1.13. The molecule has 10 heavy (non-hydrogen) atoms. The van der Waals surface area contributed by atoms with E-state index in [4.69, 9.17) is 10.5 Å². The minimum atomic E-state index is -0.758. The summed E-state index contributed by atoms with van der Waals surface area (Å²) >= 11 is 0. The number of primary amides is 1. The fourth-order valence-corrected chi connectivity index (χ4v) is 0.823. The molecular weight excluding hydrogens is 130 g/mol. The first kappa shape index (κ1) is 9.27. The fraction of sp³-hybridized carbons (Fsp3) is 0.714. The Bertz CT molecular complexity index is 121. The molecule has 0 saturated carbocycles. The molecule has 1 atom stereocenters. The zero-order chi connectivity index (χ0) is 8.20. The summed E-state index contributed by atoms with van der Waals surface area (Å²) in [4.78, 5) is 10.2. The molecule has 1 radical (unpaired) electrons. The molecule has 2 N–H and O–H groups in total. The SMILES string of the molecule is [CH2]C(C)(CCC)OC(N)=O. The van der Waals surface area contributed by atoms with E-state index in [0.717, 1.165) is 12.8 Å². The molecule has 0 bridgehead atoms. The molecule has 0 aromatic heterocycles. The predicted molar refractivity (Wildman–Crippen MR) is 39.3 cm³/mol. The van der Waals surface area contributed by atoms with Gasteiger partial charge >= 0.3 is 6.09 Å². The van der Waals surface area contributed by atoms with Crippen molar-refractivity contribution in [2.45, 2.75) is 32.3 Å². The normalized spacial score (nSPS) is 11.1. The van der Waals surface area contributed by atoms with Crippen LogP contribution in [0.1, 0.15) is 26.7 Å². The highest BCUT2D eigenvalue weighted by atomic mass is 16.6. The van der Waals surface area contributed by atoms with Gasteiger partial charge in [0.15, 0.2) is 0 Å². The molecule has 0 aromatic carbocycles. The molecule has 59 valence electrons. The average molecular weight is 144 g/mol. The van der Waals surface area contributed by atoms with E-state index in [1.54, 1.807) is 6.92 Å². The molecule has 0 saturated heterocycles. The molecule has 1 unspecified atom stereocenters. The largest absolute Gasteiger partial charge is 0.443 e. The van der Waals surface area contributed by atoms with E-state index < -0.39 is 11.7 Å². The van der Waals surface area contributed by atoms with E-state index in [-0.39, 0.29) is 0 Å². The first-order chi connectivity index (χ1) is 4.48. The molecule has 0 aliphatic carbocycles. The Morgan fingerprint density at radius 2 is 2.30 bits per heavy atom. The van der Waals surface area contributed by atoms with Crippen molar-refractivity contribution in [1.82, 2.24) is 0 Å². The Labute approximate surface area is 61.5 Å². The molecule has 3 nitrogen and oxygen atoms in total. The second-order valence-corrected chi connectivity index (χ2v) is 2.62. The Kier molecular flexibility index (Phi) is 3.19. The van der Waals surface area contributed by atoms with E-state index in [1.807, 2.05) is 6.92 Å². The molecule has 0 fully saturated rings.